The predicted molar refractivity (Wildman–Crippen MR) is 80.7 cm³/mol. The van der Waals surface area contributed by atoms with E-state index in [-0.39, 0.29) is 5.91 Å². The van der Waals surface area contributed by atoms with Gasteiger partial charge in [0.25, 0.3) is 5.91 Å². The van der Waals surface area contributed by atoms with Gasteiger partial charge in [-0.3, -0.25) is 4.79 Å². The van der Waals surface area contributed by atoms with Gasteiger partial charge in [0, 0.05) is 24.0 Å². The number of aryl methyl sites for hydroxylation is 1. The van der Waals surface area contributed by atoms with Crippen LogP contribution in [0.1, 0.15) is 21.5 Å². The number of benzene rings is 2. The van der Waals surface area contributed by atoms with Crippen LogP contribution in [0.25, 0.3) is 0 Å². The molecule has 20 heavy (non-hydrogen) atoms. The van der Waals surface area contributed by atoms with Crippen LogP contribution in [0.4, 0.5) is 11.4 Å². The summed E-state index contributed by atoms with van der Waals surface area (Å²) in [5.41, 5.74) is 9.49. The lowest BCUT2D eigenvalue weighted by Crippen LogP contribution is -2.15. The number of nitrogens with two attached hydrogens (primary N) is 1. The number of carbonyl (C=O) groups is 1. The van der Waals surface area contributed by atoms with Crippen LogP contribution < -0.4 is 11.1 Å². The van der Waals surface area contributed by atoms with Crippen LogP contribution in [-0.4, -0.2) is 13.0 Å². The molecule has 104 valence electrons. The molecule has 0 aliphatic carbocycles. The van der Waals surface area contributed by atoms with Gasteiger partial charge in [0.2, 0.25) is 0 Å². The van der Waals surface area contributed by atoms with E-state index in [2.05, 4.69) is 5.32 Å². The average molecular weight is 270 g/mol. The van der Waals surface area contributed by atoms with Gasteiger partial charge in [0.1, 0.15) is 0 Å². The van der Waals surface area contributed by atoms with E-state index in [9.17, 15) is 4.79 Å². The summed E-state index contributed by atoms with van der Waals surface area (Å²) < 4.78 is 5.12. The van der Waals surface area contributed by atoms with Gasteiger partial charge in [0.15, 0.2) is 0 Å². The van der Waals surface area contributed by atoms with Gasteiger partial charge in [-0.05, 0) is 24.6 Å². The van der Waals surface area contributed by atoms with Crippen LogP contribution in [0.2, 0.25) is 0 Å². The van der Waals surface area contributed by atoms with Crippen molar-refractivity contribution < 1.29 is 9.53 Å². The predicted octanol–water partition coefficient (Wildman–Crippen LogP) is 2.98. The van der Waals surface area contributed by atoms with Crippen molar-refractivity contribution in [3.05, 3.63) is 59.2 Å². The second-order valence-corrected chi connectivity index (χ2v) is 4.58. The second kappa shape index (κ2) is 6.21. The fourth-order valence-electron chi connectivity index (χ4n) is 1.99. The number of hydrogen-bond acceptors (Lipinski definition) is 3. The Labute approximate surface area is 118 Å². The number of para-hydroxylation sites is 2. The number of anilines is 2. The van der Waals surface area contributed by atoms with Crippen molar-refractivity contribution in [2.45, 2.75) is 13.5 Å². The maximum absolute atomic E-state index is 12.3. The molecule has 0 aromatic heterocycles. The minimum Gasteiger partial charge on any atom is -0.398 e. The smallest absolute Gasteiger partial charge is 0.257 e. The van der Waals surface area contributed by atoms with Gasteiger partial charge in [-0.2, -0.15) is 0 Å². The first-order valence-corrected chi connectivity index (χ1v) is 6.36. The number of carbonyl (C=O) groups excluding carboxylic acids is 1. The van der Waals surface area contributed by atoms with Gasteiger partial charge < -0.3 is 15.8 Å². The molecule has 1 amide bonds. The fraction of sp³-hybridized carbons (Fsp3) is 0.188. The monoisotopic (exact) mass is 270 g/mol. The summed E-state index contributed by atoms with van der Waals surface area (Å²) in [7, 11) is 1.62. The summed E-state index contributed by atoms with van der Waals surface area (Å²) in [6, 6.07) is 13.0. The van der Waals surface area contributed by atoms with Crippen molar-refractivity contribution in [3.8, 4) is 0 Å². The zero-order chi connectivity index (χ0) is 14.5. The number of nitrogen functional groups attached to an aromatic ring is 1. The molecule has 0 aliphatic heterocycles. The van der Waals surface area contributed by atoms with Crippen molar-refractivity contribution >= 4 is 17.3 Å². The van der Waals surface area contributed by atoms with Crippen molar-refractivity contribution in [1.29, 1.82) is 0 Å². The number of methoxy groups -OCH3 is 1. The Morgan fingerprint density at radius 2 is 1.95 bits per heavy atom. The van der Waals surface area contributed by atoms with Crippen LogP contribution in [0.15, 0.2) is 42.5 Å². The molecule has 2 rings (SSSR count). The van der Waals surface area contributed by atoms with Crippen molar-refractivity contribution in [2.24, 2.45) is 0 Å². The van der Waals surface area contributed by atoms with Crippen LogP contribution in [0.3, 0.4) is 0 Å². The Kier molecular flexibility index (Phi) is 4.38. The molecular formula is C16H18N2O2. The third-order valence-electron chi connectivity index (χ3n) is 3.13. The zero-order valence-corrected chi connectivity index (χ0v) is 11.6. The summed E-state index contributed by atoms with van der Waals surface area (Å²) in [4.78, 5) is 12.3. The van der Waals surface area contributed by atoms with E-state index >= 15 is 0 Å². The van der Waals surface area contributed by atoms with Gasteiger partial charge in [-0.15, -0.1) is 0 Å². The van der Waals surface area contributed by atoms with E-state index in [0.717, 1.165) is 16.8 Å². The molecule has 0 unspecified atom stereocenters. The third kappa shape index (κ3) is 2.97. The maximum Gasteiger partial charge on any atom is 0.257 e. The van der Waals surface area contributed by atoms with Crippen LogP contribution in [0, 0.1) is 6.92 Å². The number of rotatable bonds is 4. The molecule has 0 radical (unpaired) electrons. The Balaban J connectivity index is 2.26. The lowest BCUT2D eigenvalue weighted by Gasteiger charge is -2.12. The van der Waals surface area contributed by atoms with Gasteiger partial charge in [0.05, 0.1) is 12.2 Å². The molecule has 0 atom stereocenters. The number of amides is 1. The fourth-order valence-corrected chi connectivity index (χ4v) is 1.99. The molecule has 0 spiro atoms. The first-order chi connectivity index (χ1) is 9.63. The lowest BCUT2D eigenvalue weighted by atomic mass is 10.1. The molecule has 0 aliphatic rings. The minimum absolute atomic E-state index is 0.213. The molecule has 0 saturated heterocycles. The van der Waals surface area contributed by atoms with Crippen molar-refractivity contribution in [2.75, 3.05) is 18.2 Å². The molecule has 2 aromatic rings. The third-order valence-corrected chi connectivity index (χ3v) is 3.13. The van der Waals surface area contributed by atoms with Crippen molar-refractivity contribution in [1.82, 2.24) is 0 Å². The summed E-state index contributed by atoms with van der Waals surface area (Å²) in [6.45, 7) is 2.32. The summed E-state index contributed by atoms with van der Waals surface area (Å²) in [5.74, 6) is -0.213. The molecule has 3 N–H and O–H groups in total. The SMILES string of the molecule is COCc1ccccc1NC(=O)c1cccc(C)c1N. The van der Waals surface area contributed by atoms with E-state index in [0.29, 0.717) is 17.9 Å². The van der Waals surface area contributed by atoms with Gasteiger partial charge in [-0.1, -0.05) is 30.3 Å². The molecule has 4 heteroatoms. The molecular weight excluding hydrogens is 252 g/mol. The van der Waals surface area contributed by atoms with E-state index in [1.807, 2.05) is 43.3 Å². The Bertz CT molecular complexity index is 624. The number of ether oxygens (including phenoxy) is 1. The normalized spacial score (nSPS) is 10.3. The molecule has 4 nitrogen and oxygen atoms in total. The Hall–Kier alpha value is -2.33. The molecule has 0 saturated carbocycles. The van der Waals surface area contributed by atoms with Gasteiger partial charge >= 0.3 is 0 Å². The largest absolute Gasteiger partial charge is 0.398 e. The number of hydrogen-bond donors (Lipinski definition) is 2. The average Bonchev–Trinajstić information content (AvgIpc) is 2.44. The first kappa shape index (κ1) is 14.1. The Morgan fingerprint density at radius 3 is 2.70 bits per heavy atom. The highest BCUT2D eigenvalue weighted by Crippen LogP contribution is 2.20. The van der Waals surface area contributed by atoms with Gasteiger partial charge in [-0.25, -0.2) is 0 Å². The topological polar surface area (TPSA) is 64.3 Å². The van der Waals surface area contributed by atoms with E-state index in [1.54, 1.807) is 13.2 Å². The van der Waals surface area contributed by atoms with E-state index in [1.165, 1.54) is 0 Å². The van der Waals surface area contributed by atoms with Crippen LogP contribution in [-0.2, 0) is 11.3 Å². The highest BCUT2D eigenvalue weighted by atomic mass is 16.5. The number of nitrogens with one attached hydrogen (secondary N) is 1. The lowest BCUT2D eigenvalue weighted by molar-refractivity contribution is 0.102. The minimum atomic E-state index is -0.213. The highest BCUT2D eigenvalue weighted by molar-refractivity contribution is 6.08. The van der Waals surface area contributed by atoms with E-state index in [4.69, 9.17) is 10.5 Å². The summed E-state index contributed by atoms with van der Waals surface area (Å²) >= 11 is 0. The maximum atomic E-state index is 12.3. The standard InChI is InChI=1S/C16H18N2O2/c1-11-6-5-8-13(15(11)17)16(19)18-14-9-4-3-7-12(14)10-20-2/h3-9H,10,17H2,1-2H3,(H,18,19). The summed E-state index contributed by atoms with van der Waals surface area (Å²) in [6.07, 6.45) is 0. The van der Waals surface area contributed by atoms with E-state index < -0.39 is 0 Å². The summed E-state index contributed by atoms with van der Waals surface area (Å²) in [5, 5.41) is 2.88. The molecule has 0 heterocycles. The highest BCUT2D eigenvalue weighted by Gasteiger charge is 2.12. The zero-order valence-electron chi connectivity index (χ0n) is 11.6. The molecule has 0 fully saturated rings. The Morgan fingerprint density at radius 1 is 1.20 bits per heavy atom. The van der Waals surface area contributed by atoms with Crippen molar-refractivity contribution in [3.63, 3.8) is 0 Å². The second-order valence-electron chi connectivity index (χ2n) is 4.58. The van der Waals surface area contributed by atoms with Crippen LogP contribution >= 0.6 is 0 Å². The first-order valence-electron chi connectivity index (χ1n) is 6.36. The molecule has 2 aromatic carbocycles. The molecule has 0 bridgehead atoms. The van der Waals surface area contributed by atoms with Crippen LogP contribution in [0.5, 0.6) is 0 Å². The quantitative estimate of drug-likeness (QED) is 0.839.